The molecule has 5 heteroatoms. The number of carbonyl (C=O) groups excluding carboxylic acids is 1. The first kappa shape index (κ1) is 11.3. The fraction of sp³-hybridized carbons (Fsp3) is 0.545. The summed E-state index contributed by atoms with van der Waals surface area (Å²) in [5.41, 5.74) is 6.35. The van der Waals surface area contributed by atoms with Crippen LogP contribution in [-0.2, 0) is 0 Å². The molecule has 1 fully saturated rings. The molecule has 1 aliphatic rings. The van der Waals surface area contributed by atoms with Crippen molar-refractivity contribution >= 4 is 27.9 Å². The van der Waals surface area contributed by atoms with Crippen LogP contribution in [-0.4, -0.2) is 19.0 Å². The standard InChI is InChI=1S/C11H17N3OS/c1-6(7-3-4-7)14-9-5-8(12)10(16-9)11(15)13-2/h5-7,14H,3-4,12H2,1-2H3,(H,13,15). The molecule has 0 aromatic carbocycles. The first-order valence-corrected chi connectivity index (χ1v) is 6.31. The number of nitrogen functional groups attached to an aromatic ring is 1. The lowest BCUT2D eigenvalue weighted by Gasteiger charge is -2.11. The van der Waals surface area contributed by atoms with E-state index in [1.165, 1.54) is 24.2 Å². The molecule has 1 aromatic rings. The highest BCUT2D eigenvalue weighted by Gasteiger charge is 2.28. The smallest absolute Gasteiger partial charge is 0.263 e. The third-order valence-electron chi connectivity index (χ3n) is 2.89. The molecule has 1 aliphatic carbocycles. The first-order chi connectivity index (χ1) is 7.61. The minimum atomic E-state index is -0.116. The van der Waals surface area contributed by atoms with E-state index in [0.29, 0.717) is 16.6 Å². The summed E-state index contributed by atoms with van der Waals surface area (Å²) >= 11 is 1.42. The second-order valence-electron chi connectivity index (χ2n) is 4.24. The summed E-state index contributed by atoms with van der Waals surface area (Å²) in [6.07, 6.45) is 2.61. The van der Waals surface area contributed by atoms with Crippen molar-refractivity contribution < 1.29 is 4.79 Å². The summed E-state index contributed by atoms with van der Waals surface area (Å²) in [5.74, 6) is 0.668. The maximum absolute atomic E-state index is 11.5. The van der Waals surface area contributed by atoms with Gasteiger partial charge in [-0.2, -0.15) is 0 Å². The van der Waals surface area contributed by atoms with Crippen LogP contribution in [0.1, 0.15) is 29.4 Å². The number of rotatable bonds is 4. The van der Waals surface area contributed by atoms with Crippen LogP contribution in [0.4, 0.5) is 10.7 Å². The summed E-state index contributed by atoms with van der Waals surface area (Å²) in [6, 6.07) is 2.31. The van der Waals surface area contributed by atoms with Crippen LogP contribution in [0.5, 0.6) is 0 Å². The van der Waals surface area contributed by atoms with Gasteiger partial charge in [0.1, 0.15) is 4.88 Å². The van der Waals surface area contributed by atoms with Crippen molar-refractivity contribution in [1.82, 2.24) is 5.32 Å². The Labute approximate surface area is 99.2 Å². The number of anilines is 2. The molecular formula is C11H17N3OS. The van der Waals surface area contributed by atoms with E-state index in [1.54, 1.807) is 7.05 Å². The average molecular weight is 239 g/mol. The Hall–Kier alpha value is -1.23. The molecule has 2 rings (SSSR count). The van der Waals surface area contributed by atoms with Crippen molar-refractivity contribution in [2.24, 2.45) is 5.92 Å². The molecule has 0 aliphatic heterocycles. The fourth-order valence-electron chi connectivity index (χ4n) is 1.71. The lowest BCUT2D eigenvalue weighted by Crippen LogP contribution is -2.17. The van der Waals surface area contributed by atoms with Crippen LogP contribution < -0.4 is 16.4 Å². The number of amides is 1. The van der Waals surface area contributed by atoms with E-state index in [2.05, 4.69) is 17.6 Å². The summed E-state index contributed by atoms with van der Waals surface area (Å²) < 4.78 is 0. The normalized spacial score (nSPS) is 16.9. The largest absolute Gasteiger partial charge is 0.397 e. The Balaban J connectivity index is 2.07. The van der Waals surface area contributed by atoms with E-state index >= 15 is 0 Å². The molecule has 1 atom stereocenters. The average Bonchev–Trinajstić information content (AvgIpc) is 3.03. The van der Waals surface area contributed by atoms with Crippen LogP contribution in [0, 0.1) is 5.92 Å². The fourth-order valence-corrected chi connectivity index (χ4v) is 2.73. The zero-order valence-electron chi connectivity index (χ0n) is 9.54. The van der Waals surface area contributed by atoms with Gasteiger partial charge < -0.3 is 16.4 Å². The molecule has 4 N–H and O–H groups in total. The number of carbonyl (C=O) groups is 1. The van der Waals surface area contributed by atoms with Crippen LogP contribution >= 0.6 is 11.3 Å². The molecular weight excluding hydrogens is 222 g/mol. The van der Waals surface area contributed by atoms with E-state index in [4.69, 9.17) is 5.73 Å². The third-order valence-corrected chi connectivity index (χ3v) is 3.97. The predicted octanol–water partition coefficient (Wildman–Crippen LogP) is 1.90. The minimum absolute atomic E-state index is 0.116. The van der Waals surface area contributed by atoms with Gasteiger partial charge in [0.2, 0.25) is 0 Å². The highest BCUT2D eigenvalue weighted by Crippen LogP contribution is 2.36. The molecule has 0 saturated heterocycles. The Bertz CT molecular complexity index is 398. The molecule has 1 heterocycles. The van der Waals surface area contributed by atoms with Crippen molar-refractivity contribution in [1.29, 1.82) is 0 Å². The van der Waals surface area contributed by atoms with Gasteiger partial charge in [-0.25, -0.2) is 0 Å². The summed E-state index contributed by atoms with van der Waals surface area (Å²) in [4.78, 5) is 12.1. The van der Waals surface area contributed by atoms with Gasteiger partial charge in [-0.15, -0.1) is 11.3 Å². The number of thiophene rings is 1. The van der Waals surface area contributed by atoms with Gasteiger partial charge in [-0.05, 0) is 31.7 Å². The van der Waals surface area contributed by atoms with Crippen molar-refractivity contribution in [3.63, 3.8) is 0 Å². The maximum atomic E-state index is 11.5. The van der Waals surface area contributed by atoms with Gasteiger partial charge in [0.25, 0.3) is 5.91 Å². The highest BCUT2D eigenvalue weighted by atomic mass is 32.1. The Morgan fingerprint density at radius 2 is 2.31 bits per heavy atom. The maximum Gasteiger partial charge on any atom is 0.263 e. The zero-order chi connectivity index (χ0) is 11.7. The van der Waals surface area contributed by atoms with E-state index in [1.807, 2.05) is 6.07 Å². The van der Waals surface area contributed by atoms with E-state index < -0.39 is 0 Å². The molecule has 88 valence electrons. The van der Waals surface area contributed by atoms with Crippen molar-refractivity contribution in [3.05, 3.63) is 10.9 Å². The topological polar surface area (TPSA) is 67.2 Å². The van der Waals surface area contributed by atoms with E-state index in [0.717, 1.165) is 10.9 Å². The molecule has 1 saturated carbocycles. The Morgan fingerprint density at radius 1 is 1.62 bits per heavy atom. The summed E-state index contributed by atoms with van der Waals surface area (Å²) in [7, 11) is 1.61. The molecule has 1 unspecified atom stereocenters. The lowest BCUT2D eigenvalue weighted by atomic mass is 10.2. The number of nitrogens with one attached hydrogen (secondary N) is 2. The van der Waals surface area contributed by atoms with Crippen molar-refractivity contribution in [2.75, 3.05) is 18.1 Å². The van der Waals surface area contributed by atoms with Gasteiger partial charge in [-0.1, -0.05) is 0 Å². The Morgan fingerprint density at radius 3 is 2.88 bits per heavy atom. The monoisotopic (exact) mass is 239 g/mol. The molecule has 1 amide bonds. The van der Waals surface area contributed by atoms with E-state index in [9.17, 15) is 4.79 Å². The van der Waals surface area contributed by atoms with E-state index in [-0.39, 0.29) is 5.91 Å². The molecule has 0 spiro atoms. The molecule has 0 radical (unpaired) electrons. The van der Waals surface area contributed by atoms with Gasteiger partial charge in [0, 0.05) is 13.1 Å². The van der Waals surface area contributed by atoms with Crippen molar-refractivity contribution in [2.45, 2.75) is 25.8 Å². The van der Waals surface area contributed by atoms with Gasteiger partial charge in [-0.3, -0.25) is 4.79 Å². The second kappa shape index (κ2) is 4.33. The number of nitrogens with two attached hydrogens (primary N) is 1. The van der Waals surface area contributed by atoms with Crippen LogP contribution in [0.3, 0.4) is 0 Å². The second-order valence-corrected chi connectivity index (χ2v) is 5.30. The zero-order valence-corrected chi connectivity index (χ0v) is 10.4. The molecule has 1 aromatic heterocycles. The molecule has 0 bridgehead atoms. The van der Waals surface area contributed by atoms with Crippen molar-refractivity contribution in [3.8, 4) is 0 Å². The highest BCUT2D eigenvalue weighted by molar-refractivity contribution is 7.18. The predicted molar refractivity (Wildman–Crippen MR) is 67.9 cm³/mol. The Kier molecular flexibility index (Phi) is 3.05. The molecule has 4 nitrogen and oxygen atoms in total. The SMILES string of the molecule is CNC(=O)c1sc(NC(C)C2CC2)cc1N. The first-order valence-electron chi connectivity index (χ1n) is 5.49. The number of hydrogen-bond donors (Lipinski definition) is 3. The minimum Gasteiger partial charge on any atom is -0.397 e. The van der Waals surface area contributed by atoms with Gasteiger partial charge in [0.15, 0.2) is 0 Å². The number of hydrogen-bond acceptors (Lipinski definition) is 4. The quantitative estimate of drug-likeness (QED) is 0.751. The summed E-state index contributed by atoms with van der Waals surface area (Å²) in [5, 5.41) is 6.97. The van der Waals surface area contributed by atoms with Crippen LogP contribution in [0.2, 0.25) is 0 Å². The van der Waals surface area contributed by atoms with Crippen LogP contribution in [0.25, 0.3) is 0 Å². The van der Waals surface area contributed by atoms with Gasteiger partial charge >= 0.3 is 0 Å². The summed E-state index contributed by atoms with van der Waals surface area (Å²) in [6.45, 7) is 2.17. The molecule has 16 heavy (non-hydrogen) atoms. The van der Waals surface area contributed by atoms with Gasteiger partial charge in [0.05, 0.1) is 10.7 Å². The lowest BCUT2D eigenvalue weighted by molar-refractivity contribution is 0.0968. The third kappa shape index (κ3) is 2.29. The van der Waals surface area contributed by atoms with Crippen LogP contribution in [0.15, 0.2) is 6.07 Å².